The Morgan fingerprint density at radius 3 is 2.72 bits per heavy atom. The van der Waals surface area contributed by atoms with Crippen molar-refractivity contribution >= 4 is 17.7 Å². The molecule has 0 saturated carbocycles. The number of rotatable bonds is 6. The number of amides is 3. The van der Waals surface area contributed by atoms with Crippen LogP contribution in [0.15, 0.2) is 36.5 Å². The number of pyridine rings is 1. The van der Waals surface area contributed by atoms with Gasteiger partial charge >= 0.3 is 0 Å². The largest absolute Gasteiger partial charge is 0.322 e. The van der Waals surface area contributed by atoms with Gasteiger partial charge in [0.15, 0.2) is 0 Å². The topological polar surface area (TPSA) is 103 Å². The molecule has 166 valence electrons. The van der Waals surface area contributed by atoms with Crippen LogP contribution in [0.25, 0.3) is 0 Å². The molecule has 2 aromatic rings. The molecule has 0 radical (unpaired) electrons. The SMILES string of the molecule is O=C1CCC(N2Cc3c(CNCC4(c5ccc(F)cn5)CNC4)cccc3C2=O)C(=O)N1. The van der Waals surface area contributed by atoms with E-state index in [9.17, 15) is 18.8 Å². The van der Waals surface area contributed by atoms with Crippen LogP contribution in [0.1, 0.15) is 40.0 Å². The molecule has 3 aliphatic rings. The van der Waals surface area contributed by atoms with E-state index in [-0.39, 0.29) is 29.5 Å². The fourth-order valence-electron chi connectivity index (χ4n) is 4.76. The van der Waals surface area contributed by atoms with Gasteiger partial charge in [0.2, 0.25) is 11.8 Å². The average Bonchev–Trinajstić information content (AvgIpc) is 3.08. The zero-order valence-corrected chi connectivity index (χ0v) is 17.5. The molecule has 2 fully saturated rings. The molecule has 1 atom stereocenters. The lowest BCUT2D eigenvalue weighted by molar-refractivity contribution is -0.136. The molecule has 5 rings (SSSR count). The summed E-state index contributed by atoms with van der Waals surface area (Å²) in [5.74, 6) is -1.23. The highest BCUT2D eigenvalue weighted by Crippen LogP contribution is 2.30. The quantitative estimate of drug-likeness (QED) is 0.573. The van der Waals surface area contributed by atoms with Gasteiger partial charge in [0.05, 0.1) is 11.9 Å². The summed E-state index contributed by atoms with van der Waals surface area (Å²) in [6.07, 6.45) is 1.82. The van der Waals surface area contributed by atoms with E-state index in [1.807, 2.05) is 12.1 Å². The summed E-state index contributed by atoms with van der Waals surface area (Å²) in [6, 6.07) is 8.16. The zero-order chi connectivity index (χ0) is 22.3. The third-order valence-corrected chi connectivity index (χ3v) is 6.66. The van der Waals surface area contributed by atoms with E-state index in [4.69, 9.17) is 0 Å². The van der Waals surface area contributed by atoms with Gasteiger partial charge in [-0.15, -0.1) is 0 Å². The van der Waals surface area contributed by atoms with Crippen LogP contribution in [0.3, 0.4) is 0 Å². The molecular formula is C23H24FN5O3. The second-order valence-corrected chi connectivity index (χ2v) is 8.69. The molecular weight excluding hydrogens is 413 g/mol. The predicted octanol–water partition coefficient (Wildman–Crippen LogP) is 0.612. The van der Waals surface area contributed by atoms with Gasteiger partial charge in [0, 0.05) is 50.1 Å². The van der Waals surface area contributed by atoms with Gasteiger partial charge in [-0.05, 0) is 35.7 Å². The summed E-state index contributed by atoms with van der Waals surface area (Å²) < 4.78 is 13.3. The molecule has 9 heteroatoms. The molecule has 0 aliphatic carbocycles. The van der Waals surface area contributed by atoms with Crippen molar-refractivity contribution in [1.29, 1.82) is 0 Å². The maximum atomic E-state index is 13.3. The number of nitrogens with zero attached hydrogens (tertiary/aromatic N) is 2. The number of nitrogens with one attached hydrogen (secondary N) is 3. The summed E-state index contributed by atoms with van der Waals surface area (Å²) in [5.41, 5.74) is 3.17. The molecule has 3 N–H and O–H groups in total. The van der Waals surface area contributed by atoms with Crippen molar-refractivity contribution in [3.05, 3.63) is 64.7 Å². The lowest BCUT2D eigenvalue weighted by Crippen LogP contribution is -2.61. The molecule has 0 spiro atoms. The highest BCUT2D eigenvalue weighted by atomic mass is 19.1. The molecule has 3 aliphatic heterocycles. The van der Waals surface area contributed by atoms with Crippen LogP contribution >= 0.6 is 0 Å². The smallest absolute Gasteiger partial charge is 0.255 e. The molecule has 0 bridgehead atoms. The van der Waals surface area contributed by atoms with Crippen LogP contribution in [0, 0.1) is 5.82 Å². The lowest BCUT2D eigenvalue weighted by Gasteiger charge is -2.42. The molecule has 32 heavy (non-hydrogen) atoms. The first-order valence-corrected chi connectivity index (χ1v) is 10.8. The predicted molar refractivity (Wildman–Crippen MR) is 113 cm³/mol. The van der Waals surface area contributed by atoms with E-state index in [2.05, 4.69) is 20.9 Å². The summed E-state index contributed by atoms with van der Waals surface area (Å²) >= 11 is 0. The Kier molecular flexibility index (Phi) is 5.22. The van der Waals surface area contributed by atoms with Crippen LogP contribution in [-0.4, -0.2) is 53.3 Å². The van der Waals surface area contributed by atoms with Gasteiger partial charge in [-0.2, -0.15) is 0 Å². The van der Waals surface area contributed by atoms with Crippen molar-refractivity contribution in [2.75, 3.05) is 19.6 Å². The highest BCUT2D eigenvalue weighted by Gasteiger charge is 2.41. The van der Waals surface area contributed by atoms with Crippen LogP contribution in [0.2, 0.25) is 0 Å². The molecule has 8 nitrogen and oxygen atoms in total. The Hall–Kier alpha value is -3.17. The van der Waals surface area contributed by atoms with Gasteiger partial charge in [-0.1, -0.05) is 12.1 Å². The molecule has 1 aromatic heterocycles. The van der Waals surface area contributed by atoms with Crippen LogP contribution < -0.4 is 16.0 Å². The first kappa shape index (κ1) is 20.7. The Morgan fingerprint density at radius 2 is 2.03 bits per heavy atom. The van der Waals surface area contributed by atoms with Crippen molar-refractivity contribution in [3.8, 4) is 0 Å². The molecule has 3 amide bonds. The van der Waals surface area contributed by atoms with Crippen molar-refractivity contribution in [3.63, 3.8) is 0 Å². The normalized spacial score (nSPS) is 21.8. The number of aromatic nitrogens is 1. The van der Waals surface area contributed by atoms with Gasteiger partial charge < -0.3 is 15.5 Å². The molecule has 4 heterocycles. The monoisotopic (exact) mass is 437 g/mol. The Bertz CT molecular complexity index is 1080. The number of hydrogen-bond donors (Lipinski definition) is 3. The third-order valence-electron chi connectivity index (χ3n) is 6.66. The standard InChI is InChI=1S/C23H24FN5O3/c24-15-4-6-19(27-9-15)23(12-26-13-23)11-25-8-14-2-1-3-16-17(14)10-29(22(16)32)18-5-7-20(30)28-21(18)31/h1-4,6,9,18,25-26H,5,7-8,10-13H2,(H,28,30,31). The number of piperidine rings is 1. The number of imide groups is 1. The van der Waals surface area contributed by atoms with Crippen LogP contribution in [-0.2, 0) is 28.1 Å². The maximum absolute atomic E-state index is 13.3. The number of carbonyl (C=O) groups is 3. The average molecular weight is 437 g/mol. The summed E-state index contributed by atoms with van der Waals surface area (Å²) in [6.45, 7) is 3.08. The number of benzene rings is 1. The van der Waals surface area contributed by atoms with E-state index in [1.54, 1.807) is 17.0 Å². The highest BCUT2D eigenvalue weighted by molar-refractivity contribution is 6.05. The van der Waals surface area contributed by atoms with Gasteiger partial charge in [0.25, 0.3) is 5.91 Å². The summed E-state index contributed by atoms with van der Waals surface area (Å²) in [7, 11) is 0. The van der Waals surface area contributed by atoms with E-state index >= 15 is 0 Å². The van der Waals surface area contributed by atoms with Crippen molar-refractivity contribution in [1.82, 2.24) is 25.8 Å². The Balaban J connectivity index is 1.28. The van der Waals surface area contributed by atoms with E-state index < -0.39 is 11.9 Å². The van der Waals surface area contributed by atoms with E-state index in [0.717, 1.165) is 29.9 Å². The fraction of sp³-hybridized carbons (Fsp3) is 0.391. The van der Waals surface area contributed by atoms with Crippen LogP contribution in [0.4, 0.5) is 4.39 Å². The molecule has 1 unspecified atom stereocenters. The van der Waals surface area contributed by atoms with Crippen molar-refractivity contribution in [2.45, 2.75) is 37.4 Å². The Labute approximate surface area is 184 Å². The van der Waals surface area contributed by atoms with Crippen molar-refractivity contribution in [2.24, 2.45) is 0 Å². The fourth-order valence-corrected chi connectivity index (χ4v) is 4.76. The molecule has 2 saturated heterocycles. The summed E-state index contributed by atoms with van der Waals surface area (Å²) in [5, 5.41) is 9.09. The first-order valence-electron chi connectivity index (χ1n) is 10.8. The third kappa shape index (κ3) is 3.57. The van der Waals surface area contributed by atoms with Crippen molar-refractivity contribution < 1.29 is 18.8 Å². The first-order chi connectivity index (χ1) is 15.5. The van der Waals surface area contributed by atoms with E-state index in [1.165, 1.54) is 12.3 Å². The minimum atomic E-state index is -0.623. The zero-order valence-electron chi connectivity index (χ0n) is 17.5. The van der Waals surface area contributed by atoms with Gasteiger partial charge in [0.1, 0.15) is 11.9 Å². The van der Waals surface area contributed by atoms with Gasteiger partial charge in [-0.25, -0.2) is 4.39 Å². The maximum Gasteiger partial charge on any atom is 0.255 e. The Morgan fingerprint density at radius 1 is 1.19 bits per heavy atom. The minimum Gasteiger partial charge on any atom is -0.322 e. The van der Waals surface area contributed by atoms with Gasteiger partial charge in [-0.3, -0.25) is 24.7 Å². The second-order valence-electron chi connectivity index (χ2n) is 8.69. The summed E-state index contributed by atoms with van der Waals surface area (Å²) in [4.78, 5) is 42.5. The number of fused-ring (bicyclic) bond motifs is 1. The van der Waals surface area contributed by atoms with E-state index in [0.29, 0.717) is 31.6 Å². The number of hydrogen-bond acceptors (Lipinski definition) is 6. The van der Waals surface area contributed by atoms with Crippen LogP contribution in [0.5, 0.6) is 0 Å². The second kappa shape index (κ2) is 8.07. The number of halogens is 1. The number of carbonyl (C=O) groups excluding carboxylic acids is 3. The molecule has 1 aromatic carbocycles. The lowest BCUT2D eigenvalue weighted by atomic mass is 9.78. The minimum absolute atomic E-state index is 0.175.